The lowest BCUT2D eigenvalue weighted by Crippen LogP contribution is -2.58. The number of carbonyl (C=O) groups is 1. The molecule has 0 N–H and O–H groups in total. The standard InChI is InChI=1S/C27H36N4O/c1-6-18-30-19-22(5)31(20-21(30)4)26(28-25-12-10-9-11-13-25)23-14-16-24(17-15-23)27(32)29(7-2)8-3/h6,9-17,21-22H,1,7-8,18-20H2,2-5H3/t21-,22+/m1/s1. The first-order valence-electron chi connectivity index (χ1n) is 11.6. The van der Waals surface area contributed by atoms with Crippen LogP contribution in [0.2, 0.25) is 0 Å². The maximum Gasteiger partial charge on any atom is 0.253 e. The molecule has 0 saturated carbocycles. The van der Waals surface area contributed by atoms with Gasteiger partial charge < -0.3 is 9.80 Å². The number of para-hydroxylation sites is 1. The minimum absolute atomic E-state index is 0.0723. The van der Waals surface area contributed by atoms with Crippen molar-refractivity contribution in [2.45, 2.75) is 39.8 Å². The van der Waals surface area contributed by atoms with E-state index in [-0.39, 0.29) is 5.91 Å². The lowest BCUT2D eigenvalue weighted by atomic mass is 10.0. The van der Waals surface area contributed by atoms with Crippen molar-refractivity contribution in [3.63, 3.8) is 0 Å². The van der Waals surface area contributed by atoms with Gasteiger partial charge in [0.15, 0.2) is 0 Å². The van der Waals surface area contributed by atoms with Crippen LogP contribution in [0.3, 0.4) is 0 Å². The molecule has 170 valence electrons. The molecule has 3 rings (SSSR count). The van der Waals surface area contributed by atoms with E-state index < -0.39 is 0 Å². The van der Waals surface area contributed by atoms with E-state index in [1.165, 1.54) is 0 Å². The van der Waals surface area contributed by atoms with Crippen LogP contribution in [-0.2, 0) is 0 Å². The number of nitrogens with zero attached hydrogens (tertiary/aromatic N) is 4. The maximum atomic E-state index is 12.7. The van der Waals surface area contributed by atoms with Crippen LogP contribution in [0, 0.1) is 0 Å². The van der Waals surface area contributed by atoms with Crippen LogP contribution >= 0.6 is 0 Å². The third kappa shape index (κ3) is 5.46. The highest BCUT2D eigenvalue weighted by Crippen LogP contribution is 2.22. The van der Waals surface area contributed by atoms with Crippen molar-refractivity contribution in [2.75, 3.05) is 32.7 Å². The summed E-state index contributed by atoms with van der Waals surface area (Å²) in [5.74, 6) is 1.03. The van der Waals surface area contributed by atoms with E-state index in [1.54, 1.807) is 0 Å². The normalized spacial score (nSPS) is 19.6. The minimum atomic E-state index is 0.0723. The van der Waals surface area contributed by atoms with Crippen molar-refractivity contribution >= 4 is 17.4 Å². The van der Waals surface area contributed by atoms with E-state index in [1.807, 2.05) is 79.4 Å². The monoisotopic (exact) mass is 432 g/mol. The van der Waals surface area contributed by atoms with Crippen molar-refractivity contribution in [1.82, 2.24) is 14.7 Å². The van der Waals surface area contributed by atoms with Gasteiger partial charge in [-0.1, -0.05) is 36.4 Å². The van der Waals surface area contributed by atoms with Crippen LogP contribution in [-0.4, -0.2) is 71.2 Å². The summed E-state index contributed by atoms with van der Waals surface area (Å²) in [4.78, 5) is 24.5. The van der Waals surface area contributed by atoms with Gasteiger partial charge in [-0.15, -0.1) is 6.58 Å². The minimum Gasteiger partial charge on any atom is -0.351 e. The van der Waals surface area contributed by atoms with Crippen molar-refractivity contribution in [1.29, 1.82) is 0 Å². The van der Waals surface area contributed by atoms with Crippen LogP contribution in [0.5, 0.6) is 0 Å². The molecule has 2 aromatic rings. The molecule has 1 heterocycles. The summed E-state index contributed by atoms with van der Waals surface area (Å²) in [5, 5.41) is 0. The molecule has 32 heavy (non-hydrogen) atoms. The van der Waals surface area contributed by atoms with Crippen LogP contribution in [0.25, 0.3) is 0 Å². The van der Waals surface area contributed by atoms with Crippen LogP contribution in [0.15, 0.2) is 72.2 Å². The second kappa shape index (κ2) is 11.1. The van der Waals surface area contributed by atoms with E-state index in [0.29, 0.717) is 30.7 Å². The van der Waals surface area contributed by atoms with E-state index >= 15 is 0 Å². The highest BCUT2D eigenvalue weighted by molar-refractivity contribution is 6.02. The van der Waals surface area contributed by atoms with E-state index in [0.717, 1.165) is 36.7 Å². The number of amides is 1. The van der Waals surface area contributed by atoms with Gasteiger partial charge in [-0.25, -0.2) is 4.99 Å². The number of rotatable bonds is 7. The second-order valence-corrected chi connectivity index (χ2v) is 8.42. The molecule has 1 aliphatic heterocycles. The summed E-state index contributed by atoms with van der Waals surface area (Å²) < 4.78 is 0. The van der Waals surface area contributed by atoms with Gasteiger partial charge in [0.2, 0.25) is 0 Å². The fourth-order valence-corrected chi connectivity index (χ4v) is 4.29. The summed E-state index contributed by atoms with van der Waals surface area (Å²) in [6.07, 6.45) is 1.98. The number of hydrogen-bond donors (Lipinski definition) is 0. The molecule has 2 aromatic carbocycles. The lowest BCUT2D eigenvalue weighted by molar-refractivity contribution is 0.0773. The SMILES string of the molecule is C=CCN1C[C@H](C)N(C(=Nc2ccccc2)c2ccc(C(=O)N(CC)CC)cc2)C[C@H]1C. The first-order valence-corrected chi connectivity index (χ1v) is 11.6. The topological polar surface area (TPSA) is 39.1 Å². The zero-order valence-corrected chi connectivity index (χ0v) is 19.9. The zero-order valence-electron chi connectivity index (χ0n) is 19.9. The van der Waals surface area contributed by atoms with E-state index in [2.05, 4.69) is 30.2 Å². The average Bonchev–Trinajstić information content (AvgIpc) is 2.81. The molecule has 2 atom stereocenters. The Balaban J connectivity index is 1.95. The van der Waals surface area contributed by atoms with Crippen LogP contribution in [0.4, 0.5) is 5.69 Å². The van der Waals surface area contributed by atoms with Crippen LogP contribution in [0.1, 0.15) is 43.6 Å². The predicted molar refractivity (Wildman–Crippen MR) is 134 cm³/mol. The number of benzene rings is 2. The molecule has 0 unspecified atom stereocenters. The van der Waals surface area contributed by atoms with Gasteiger partial charge in [-0.05, 0) is 52.0 Å². The molecule has 1 fully saturated rings. The Morgan fingerprint density at radius 2 is 1.62 bits per heavy atom. The van der Waals surface area contributed by atoms with Crippen molar-refractivity contribution in [3.8, 4) is 0 Å². The summed E-state index contributed by atoms with van der Waals surface area (Å²) in [5.41, 5.74) is 2.68. The van der Waals surface area contributed by atoms with E-state index in [9.17, 15) is 4.79 Å². The molecule has 5 nitrogen and oxygen atoms in total. The quantitative estimate of drug-likeness (QED) is 0.357. The molecule has 0 aromatic heterocycles. The van der Waals surface area contributed by atoms with Gasteiger partial charge in [-0.2, -0.15) is 0 Å². The van der Waals surface area contributed by atoms with Crippen molar-refractivity contribution in [3.05, 3.63) is 78.4 Å². The van der Waals surface area contributed by atoms with Gasteiger partial charge in [0.1, 0.15) is 5.84 Å². The van der Waals surface area contributed by atoms with Gasteiger partial charge in [-0.3, -0.25) is 9.69 Å². The Morgan fingerprint density at radius 1 is 1.00 bits per heavy atom. The summed E-state index contributed by atoms with van der Waals surface area (Å²) in [6.45, 7) is 16.6. The highest BCUT2D eigenvalue weighted by Gasteiger charge is 2.31. The summed E-state index contributed by atoms with van der Waals surface area (Å²) >= 11 is 0. The Morgan fingerprint density at radius 3 is 2.22 bits per heavy atom. The molecule has 1 aliphatic rings. The fraction of sp³-hybridized carbons (Fsp3) is 0.407. The Labute approximate surface area is 193 Å². The van der Waals surface area contributed by atoms with E-state index in [4.69, 9.17) is 4.99 Å². The fourth-order valence-electron chi connectivity index (χ4n) is 4.29. The molecule has 0 bridgehead atoms. The maximum absolute atomic E-state index is 12.7. The number of aliphatic imine (C=N–C) groups is 1. The molecule has 1 saturated heterocycles. The third-order valence-electron chi connectivity index (χ3n) is 6.18. The molecular formula is C27H36N4O. The smallest absolute Gasteiger partial charge is 0.253 e. The highest BCUT2D eigenvalue weighted by atomic mass is 16.2. The number of hydrogen-bond acceptors (Lipinski definition) is 3. The number of amidine groups is 1. The molecule has 5 heteroatoms. The molecule has 0 spiro atoms. The Hall–Kier alpha value is -2.92. The zero-order chi connectivity index (χ0) is 23.1. The second-order valence-electron chi connectivity index (χ2n) is 8.42. The largest absolute Gasteiger partial charge is 0.351 e. The third-order valence-corrected chi connectivity index (χ3v) is 6.18. The number of piperazine rings is 1. The average molecular weight is 433 g/mol. The van der Waals surface area contributed by atoms with Crippen LogP contribution < -0.4 is 0 Å². The van der Waals surface area contributed by atoms with Gasteiger partial charge in [0, 0.05) is 55.9 Å². The van der Waals surface area contributed by atoms with Crippen molar-refractivity contribution in [2.24, 2.45) is 4.99 Å². The predicted octanol–water partition coefficient (Wildman–Crippen LogP) is 4.83. The first-order chi connectivity index (χ1) is 15.5. The summed E-state index contributed by atoms with van der Waals surface area (Å²) in [7, 11) is 0. The molecule has 1 amide bonds. The Kier molecular flexibility index (Phi) is 8.23. The Bertz CT molecular complexity index is 918. The van der Waals surface area contributed by atoms with Gasteiger partial charge in [0.05, 0.1) is 5.69 Å². The molecule has 0 radical (unpaired) electrons. The van der Waals surface area contributed by atoms with Gasteiger partial charge >= 0.3 is 0 Å². The molecule has 0 aliphatic carbocycles. The first kappa shape index (κ1) is 23.7. The van der Waals surface area contributed by atoms with Crippen molar-refractivity contribution < 1.29 is 4.79 Å². The molecular weight excluding hydrogens is 396 g/mol. The summed E-state index contributed by atoms with van der Waals surface area (Å²) in [6, 6.07) is 18.7. The number of carbonyl (C=O) groups excluding carboxylic acids is 1. The lowest BCUT2D eigenvalue weighted by Gasteiger charge is -2.45. The van der Waals surface area contributed by atoms with Gasteiger partial charge in [0.25, 0.3) is 5.91 Å².